The molecule has 146 valence electrons. The standard InChI is InChI=1S/C18H23F4NO3/c1-4-5-6-9-26-17(25)15(11(2)3)23-16(24)13-8-7-12(19)10-14(13)18(20,21)22/h7-8,10-11,15H,4-6,9H2,1-3H3,(H,23,24). The van der Waals surface area contributed by atoms with Gasteiger partial charge in [-0.15, -0.1) is 0 Å². The van der Waals surface area contributed by atoms with Gasteiger partial charge in [0.15, 0.2) is 0 Å². The van der Waals surface area contributed by atoms with Gasteiger partial charge in [-0.2, -0.15) is 13.2 Å². The summed E-state index contributed by atoms with van der Waals surface area (Å²) >= 11 is 0. The second-order valence-corrected chi connectivity index (χ2v) is 6.26. The summed E-state index contributed by atoms with van der Waals surface area (Å²) in [6.07, 6.45) is -2.43. The van der Waals surface area contributed by atoms with Crippen molar-refractivity contribution in [2.75, 3.05) is 6.61 Å². The molecule has 1 unspecified atom stereocenters. The lowest BCUT2D eigenvalue weighted by atomic mass is 10.0. The monoisotopic (exact) mass is 377 g/mol. The van der Waals surface area contributed by atoms with E-state index in [0.29, 0.717) is 6.42 Å². The van der Waals surface area contributed by atoms with Gasteiger partial charge in [-0.1, -0.05) is 33.6 Å². The number of esters is 1. The van der Waals surface area contributed by atoms with Crippen LogP contribution in [0.1, 0.15) is 56.0 Å². The number of unbranched alkanes of at least 4 members (excludes halogenated alkanes) is 2. The molecule has 0 aliphatic rings. The van der Waals surface area contributed by atoms with Crippen LogP contribution in [0.15, 0.2) is 18.2 Å². The lowest BCUT2D eigenvalue weighted by molar-refractivity contribution is -0.147. The van der Waals surface area contributed by atoms with Gasteiger partial charge in [0.25, 0.3) is 5.91 Å². The molecule has 0 fully saturated rings. The highest BCUT2D eigenvalue weighted by molar-refractivity contribution is 5.98. The molecule has 0 aliphatic heterocycles. The summed E-state index contributed by atoms with van der Waals surface area (Å²) in [6.45, 7) is 5.43. The van der Waals surface area contributed by atoms with Crippen molar-refractivity contribution in [2.45, 2.75) is 52.3 Å². The first-order valence-corrected chi connectivity index (χ1v) is 8.42. The van der Waals surface area contributed by atoms with E-state index in [1.54, 1.807) is 13.8 Å². The molecular formula is C18H23F4NO3. The minimum atomic E-state index is -4.90. The lowest BCUT2D eigenvalue weighted by Crippen LogP contribution is -2.45. The molecule has 0 heterocycles. The molecule has 1 amide bonds. The molecule has 1 aromatic rings. The Labute approximate surface area is 149 Å². The summed E-state index contributed by atoms with van der Waals surface area (Å²) in [7, 11) is 0. The van der Waals surface area contributed by atoms with Crippen molar-refractivity contribution >= 4 is 11.9 Å². The van der Waals surface area contributed by atoms with E-state index in [1.165, 1.54) is 0 Å². The molecule has 0 radical (unpaired) electrons. The number of rotatable bonds is 8. The zero-order valence-electron chi connectivity index (χ0n) is 15.0. The Morgan fingerprint density at radius 2 is 1.85 bits per heavy atom. The Bertz CT molecular complexity index is 629. The molecular weight excluding hydrogens is 354 g/mol. The molecule has 0 bridgehead atoms. The van der Waals surface area contributed by atoms with E-state index in [1.807, 2.05) is 6.92 Å². The van der Waals surface area contributed by atoms with E-state index in [9.17, 15) is 27.2 Å². The van der Waals surface area contributed by atoms with Crippen LogP contribution in [0.25, 0.3) is 0 Å². The molecule has 0 saturated carbocycles. The van der Waals surface area contributed by atoms with Crippen LogP contribution in [0.4, 0.5) is 17.6 Å². The number of hydrogen-bond acceptors (Lipinski definition) is 3. The largest absolute Gasteiger partial charge is 0.464 e. The third-order valence-corrected chi connectivity index (χ3v) is 3.73. The highest BCUT2D eigenvalue weighted by atomic mass is 19.4. The maximum atomic E-state index is 13.2. The van der Waals surface area contributed by atoms with E-state index >= 15 is 0 Å². The summed E-state index contributed by atoms with van der Waals surface area (Å²) in [5, 5.41) is 2.27. The second kappa shape index (κ2) is 9.54. The van der Waals surface area contributed by atoms with Crippen LogP contribution in [0, 0.1) is 11.7 Å². The lowest BCUT2D eigenvalue weighted by Gasteiger charge is -2.22. The summed E-state index contributed by atoms with van der Waals surface area (Å²) in [5.74, 6) is -3.32. The van der Waals surface area contributed by atoms with Gasteiger partial charge in [-0.05, 0) is 30.5 Å². The number of hydrogen-bond donors (Lipinski definition) is 1. The Morgan fingerprint density at radius 1 is 1.19 bits per heavy atom. The maximum absolute atomic E-state index is 13.2. The fourth-order valence-electron chi connectivity index (χ4n) is 2.28. The predicted molar refractivity (Wildman–Crippen MR) is 88.0 cm³/mol. The number of ether oxygens (including phenoxy) is 1. The van der Waals surface area contributed by atoms with E-state index in [2.05, 4.69) is 5.32 Å². The SMILES string of the molecule is CCCCCOC(=O)C(NC(=O)c1ccc(F)cc1C(F)(F)F)C(C)C. The fourth-order valence-corrected chi connectivity index (χ4v) is 2.28. The number of nitrogens with one attached hydrogen (secondary N) is 1. The Hall–Kier alpha value is -2.12. The molecule has 0 spiro atoms. The molecule has 26 heavy (non-hydrogen) atoms. The zero-order chi connectivity index (χ0) is 19.9. The number of alkyl halides is 3. The predicted octanol–water partition coefficient (Wildman–Crippen LogP) is 4.33. The Kier molecular flexibility index (Phi) is 8.05. The molecule has 4 nitrogen and oxygen atoms in total. The summed E-state index contributed by atoms with van der Waals surface area (Å²) < 4.78 is 57.4. The summed E-state index contributed by atoms with van der Waals surface area (Å²) in [5.41, 5.74) is -2.14. The summed E-state index contributed by atoms with van der Waals surface area (Å²) in [4.78, 5) is 24.4. The number of carbonyl (C=O) groups is 2. The molecule has 1 aromatic carbocycles. The average molecular weight is 377 g/mol. The first-order valence-electron chi connectivity index (χ1n) is 8.42. The van der Waals surface area contributed by atoms with Gasteiger partial charge in [0.1, 0.15) is 11.9 Å². The van der Waals surface area contributed by atoms with E-state index in [4.69, 9.17) is 4.74 Å². The topological polar surface area (TPSA) is 55.4 Å². The normalized spacial score (nSPS) is 12.8. The van der Waals surface area contributed by atoms with Gasteiger partial charge in [0.05, 0.1) is 17.7 Å². The summed E-state index contributed by atoms with van der Waals surface area (Å²) in [6, 6.07) is 0.660. The Balaban J connectivity index is 2.93. The van der Waals surface area contributed by atoms with Gasteiger partial charge in [-0.3, -0.25) is 4.79 Å². The van der Waals surface area contributed by atoms with Gasteiger partial charge in [0, 0.05) is 0 Å². The molecule has 1 atom stereocenters. The molecule has 8 heteroatoms. The van der Waals surface area contributed by atoms with E-state index < -0.39 is 47.0 Å². The molecule has 0 aliphatic carbocycles. The molecule has 1 N–H and O–H groups in total. The number of amides is 1. The van der Waals surface area contributed by atoms with Crippen molar-refractivity contribution in [1.29, 1.82) is 0 Å². The van der Waals surface area contributed by atoms with Crippen LogP contribution in [-0.4, -0.2) is 24.5 Å². The number of carbonyl (C=O) groups excluding carboxylic acids is 2. The van der Waals surface area contributed by atoms with Gasteiger partial charge in [0.2, 0.25) is 0 Å². The maximum Gasteiger partial charge on any atom is 0.417 e. The van der Waals surface area contributed by atoms with Gasteiger partial charge < -0.3 is 10.1 Å². The van der Waals surface area contributed by atoms with Crippen molar-refractivity contribution in [1.82, 2.24) is 5.32 Å². The van der Waals surface area contributed by atoms with Crippen molar-refractivity contribution < 1.29 is 31.9 Å². The molecule has 0 saturated heterocycles. The van der Waals surface area contributed by atoms with Crippen LogP contribution in [-0.2, 0) is 15.7 Å². The quantitative estimate of drug-likeness (QED) is 0.417. The molecule has 1 rings (SSSR count). The van der Waals surface area contributed by atoms with Crippen molar-refractivity contribution in [3.8, 4) is 0 Å². The van der Waals surface area contributed by atoms with Gasteiger partial charge >= 0.3 is 12.1 Å². The Morgan fingerprint density at radius 3 is 2.38 bits per heavy atom. The van der Waals surface area contributed by atoms with Crippen LogP contribution in [0.2, 0.25) is 0 Å². The zero-order valence-corrected chi connectivity index (χ0v) is 15.0. The highest BCUT2D eigenvalue weighted by Crippen LogP contribution is 2.32. The van der Waals surface area contributed by atoms with Crippen LogP contribution in [0.5, 0.6) is 0 Å². The highest BCUT2D eigenvalue weighted by Gasteiger charge is 2.37. The van der Waals surface area contributed by atoms with Crippen LogP contribution >= 0.6 is 0 Å². The number of benzene rings is 1. The van der Waals surface area contributed by atoms with Gasteiger partial charge in [-0.25, -0.2) is 9.18 Å². The van der Waals surface area contributed by atoms with Crippen LogP contribution in [0.3, 0.4) is 0 Å². The molecule has 0 aromatic heterocycles. The second-order valence-electron chi connectivity index (χ2n) is 6.26. The third-order valence-electron chi connectivity index (χ3n) is 3.73. The number of halogens is 4. The minimum Gasteiger partial charge on any atom is -0.464 e. The van der Waals surface area contributed by atoms with E-state index in [-0.39, 0.29) is 12.7 Å². The average Bonchev–Trinajstić information content (AvgIpc) is 2.55. The first-order chi connectivity index (χ1) is 12.1. The van der Waals surface area contributed by atoms with Crippen molar-refractivity contribution in [2.24, 2.45) is 5.92 Å². The smallest absolute Gasteiger partial charge is 0.417 e. The fraction of sp³-hybridized carbons (Fsp3) is 0.556. The van der Waals surface area contributed by atoms with Crippen LogP contribution < -0.4 is 5.32 Å². The third kappa shape index (κ3) is 6.31. The minimum absolute atomic E-state index is 0.177. The van der Waals surface area contributed by atoms with Crippen molar-refractivity contribution in [3.05, 3.63) is 35.1 Å². The van der Waals surface area contributed by atoms with E-state index in [0.717, 1.165) is 25.0 Å². The van der Waals surface area contributed by atoms with Crippen molar-refractivity contribution in [3.63, 3.8) is 0 Å². The first kappa shape index (κ1) is 21.9.